The van der Waals surface area contributed by atoms with Crippen LogP contribution in [0.2, 0.25) is 5.02 Å². The number of nitrogens with zero attached hydrogens (tertiary/aromatic N) is 1. The molecule has 0 atom stereocenters. The fourth-order valence-corrected chi connectivity index (χ4v) is 2.81. The lowest BCUT2D eigenvalue weighted by Crippen LogP contribution is -2.20. The van der Waals surface area contributed by atoms with Crippen LogP contribution in [-0.2, 0) is 4.79 Å². The van der Waals surface area contributed by atoms with Crippen LogP contribution in [0.15, 0.2) is 77.9 Å². The first-order chi connectivity index (χ1) is 15.5. The molecule has 0 saturated heterocycles. The summed E-state index contributed by atoms with van der Waals surface area (Å²) in [7, 11) is 0. The minimum atomic E-state index is -0.354. The van der Waals surface area contributed by atoms with Crippen molar-refractivity contribution in [1.29, 1.82) is 0 Å². The maximum absolute atomic E-state index is 12.1. The number of hydrogen-bond acceptors (Lipinski definition) is 5. The van der Waals surface area contributed by atoms with Gasteiger partial charge in [0.05, 0.1) is 12.8 Å². The average Bonchev–Trinajstić information content (AvgIpc) is 2.80. The third-order valence-corrected chi connectivity index (χ3v) is 4.42. The number of para-hydroxylation sites is 1. The van der Waals surface area contributed by atoms with E-state index in [2.05, 4.69) is 15.8 Å². The van der Waals surface area contributed by atoms with Gasteiger partial charge in [0, 0.05) is 16.3 Å². The fraction of sp³-hybridized carbons (Fsp3) is 0.125. The topological polar surface area (TPSA) is 89.0 Å². The Kier molecular flexibility index (Phi) is 8.22. The Morgan fingerprint density at radius 2 is 1.72 bits per heavy atom. The van der Waals surface area contributed by atoms with Crippen LogP contribution in [0.3, 0.4) is 0 Å². The third-order valence-electron chi connectivity index (χ3n) is 4.17. The molecule has 0 unspecified atom stereocenters. The maximum Gasteiger partial charge on any atom is 0.271 e. The second-order valence-corrected chi connectivity index (χ2v) is 6.98. The van der Waals surface area contributed by atoms with Crippen molar-refractivity contribution in [2.75, 3.05) is 18.5 Å². The maximum atomic E-state index is 12.1. The van der Waals surface area contributed by atoms with E-state index in [1.54, 1.807) is 54.6 Å². The second-order valence-electron chi connectivity index (χ2n) is 6.55. The molecule has 32 heavy (non-hydrogen) atoms. The van der Waals surface area contributed by atoms with E-state index in [0.717, 1.165) is 0 Å². The van der Waals surface area contributed by atoms with Crippen LogP contribution in [0.5, 0.6) is 11.5 Å². The second kappa shape index (κ2) is 11.5. The number of halogens is 1. The van der Waals surface area contributed by atoms with E-state index in [1.165, 1.54) is 6.21 Å². The van der Waals surface area contributed by atoms with Crippen molar-refractivity contribution in [3.8, 4) is 11.5 Å². The minimum absolute atomic E-state index is 0.167. The Bertz CT molecular complexity index is 1090. The van der Waals surface area contributed by atoms with Crippen molar-refractivity contribution in [3.63, 3.8) is 0 Å². The number of carbonyl (C=O) groups excluding carboxylic acids is 2. The molecule has 0 aliphatic carbocycles. The number of ether oxygens (including phenoxy) is 2. The van der Waals surface area contributed by atoms with Gasteiger partial charge in [0.1, 0.15) is 0 Å². The molecular formula is C24H22ClN3O4. The number of rotatable bonds is 9. The van der Waals surface area contributed by atoms with Gasteiger partial charge in [0.25, 0.3) is 11.8 Å². The summed E-state index contributed by atoms with van der Waals surface area (Å²) in [5, 5.41) is 7.28. The van der Waals surface area contributed by atoms with Gasteiger partial charge < -0.3 is 14.8 Å². The molecule has 7 nitrogen and oxygen atoms in total. The Hall–Kier alpha value is -3.84. The zero-order valence-corrected chi connectivity index (χ0v) is 18.1. The summed E-state index contributed by atoms with van der Waals surface area (Å²) in [6.45, 7) is 2.10. The molecule has 0 bridgehead atoms. The van der Waals surface area contributed by atoms with Gasteiger partial charge >= 0.3 is 0 Å². The van der Waals surface area contributed by atoms with Crippen molar-refractivity contribution in [1.82, 2.24) is 5.43 Å². The summed E-state index contributed by atoms with van der Waals surface area (Å²) in [6, 6.07) is 20.8. The van der Waals surface area contributed by atoms with E-state index in [1.807, 2.05) is 25.1 Å². The van der Waals surface area contributed by atoms with Gasteiger partial charge in [-0.15, -0.1) is 0 Å². The van der Waals surface area contributed by atoms with Crippen LogP contribution < -0.4 is 20.2 Å². The molecule has 0 aromatic heterocycles. The quantitative estimate of drug-likeness (QED) is 0.370. The predicted molar refractivity (Wildman–Crippen MR) is 125 cm³/mol. The van der Waals surface area contributed by atoms with Crippen molar-refractivity contribution in [3.05, 3.63) is 88.9 Å². The van der Waals surface area contributed by atoms with Gasteiger partial charge in [-0.3, -0.25) is 9.59 Å². The lowest BCUT2D eigenvalue weighted by atomic mass is 10.2. The van der Waals surface area contributed by atoms with Crippen LogP contribution in [0.4, 0.5) is 5.69 Å². The van der Waals surface area contributed by atoms with Gasteiger partial charge in [-0.1, -0.05) is 29.8 Å². The number of benzene rings is 3. The summed E-state index contributed by atoms with van der Waals surface area (Å²) in [6.07, 6.45) is 1.49. The summed E-state index contributed by atoms with van der Waals surface area (Å²) in [4.78, 5) is 24.2. The SMILES string of the molecule is CCOc1cc(/C=N/NC(=O)c2ccc(Cl)cc2)ccc1OCC(=O)Nc1ccccc1. The molecule has 3 aromatic rings. The van der Waals surface area contributed by atoms with Crippen molar-refractivity contribution in [2.24, 2.45) is 5.10 Å². The molecule has 2 amide bonds. The zero-order chi connectivity index (χ0) is 22.8. The van der Waals surface area contributed by atoms with Gasteiger partial charge in [0.15, 0.2) is 18.1 Å². The molecular weight excluding hydrogens is 430 g/mol. The molecule has 0 spiro atoms. The summed E-state index contributed by atoms with van der Waals surface area (Å²) in [5.74, 6) is 0.256. The first kappa shape index (κ1) is 22.8. The normalized spacial score (nSPS) is 10.6. The summed E-state index contributed by atoms with van der Waals surface area (Å²) >= 11 is 5.82. The highest BCUT2D eigenvalue weighted by atomic mass is 35.5. The molecule has 0 aliphatic heterocycles. The minimum Gasteiger partial charge on any atom is -0.490 e. The van der Waals surface area contributed by atoms with Crippen LogP contribution in [-0.4, -0.2) is 31.2 Å². The van der Waals surface area contributed by atoms with E-state index < -0.39 is 0 Å². The molecule has 3 aromatic carbocycles. The summed E-state index contributed by atoms with van der Waals surface area (Å²) < 4.78 is 11.2. The number of nitrogens with one attached hydrogen (secondary N) is 2. The Morgan fingerprint density at radius 1 is 0.969 bits per heavy atom. The molecule has 2 N–H and O–H groups in total. The summed E-state index contributed by atoms with van der Waals surface area (Å²) in [5.41, 5.74) is 4.28. The first-order valence-corrected chi connectivity index (χ1v) is 10.3. The van der Waals surface area contributed by atoms with Crippen LogP contribution in [0, 0.1) is 0 Å². The molecule has 0 saturated carbocycles. The number of carbonyl (C=O) groups is 2. The molecule has 0 heterocycles. The van der Waals surface area contributed by atoms with Crippen molar-refractivity contribution < 1.29 is 19.1 Å². The van der Waals surface area contributed by atoms with Crippen molar-refractivity contribution in [2.45, 2.75) is 6.92 Å². The highest BCUT2D eigenvalue weighted by molar-refractivity contribution is 6.30. The van der Waals surface area contributed by atoms with Gasteiger partial charge in [-0.25, -0.2) is 5.43 Å². The number of hydrogen-bond donors (Lipinski definition) is 2. The predicted octanol–water partition coefficient (Wildman–Crippen LogP) is 4.52. The van der Waals surface area contributed by atoms with Gasteiger partial charge in [0.2, 0.25) is 0 Å². The van der Waals surface area contributed by atoms with Crippen LogP contribution >= 0.6 is 11.6 Å². The smallest absolute Gasteiger partial charge is 0.271 e. The highest BCUT2D eigenvalue weighted by Crippen LogP contribution is 2.28. The van der Waals surface area contributed by atoms with E-state index >= 15 is 0 Å². The Morgan fingerprint density at radius 3 is 2.44 bits per heavy atom. The largest absolute Gasteiger partial charge is 0.490 e. The zero-order valence-electron chi connectivity index (χ0n) is 17.4. The number of anilines is 1. The van der Waals surface area contributed by atoms with E-state index in [-0.39, 0.29) is 18.4 Å². The average molecular weight is 452 g/mol. The number of amides is 2. The Labute approximate surface area is 191 Å². The van der Waals surface area contributed by atoms with Crippen molar-refractivity contribution >= 4 is 35.3 Å². The Balaban J connectivity index is 1.59. The molecule has 0 radical (unpaired) electrons. The van der Waals surface area contributed by atoms with Gasteiger partial charge in [-0.05, 0) is 67.1 Å². The van der Waals surface area contributed by atoms with Crippen LogP contribution in [0.1, 0.15) is 22.8 Å². The number of hydrazone groups is 1. The standard InChI is InChI=1S/C24H22ClN3O4/c1-2-31-22-14-17(15-26-28-24(30)18-9-11-19(25)12-10-18)8-13-21(22)32-16-23(29)27-20-6-4-3-5-7-20/h3-15H,2,16H2,1H3,(H,27,29)(H,28,30)/b26-15+. The monoisotopic (exact) mass is 451 g/mol. The molecule has 0 aliphatic rings. The first-order valence-electron chi connectivity index (χ1n) is 9.88. The van der Waals surface area contributed by atoms with E-state index in [9.17, 15) is 9.59 Å². The molecule has 0 fully saturated rings. The van der Waals surface area contributed by atoms with E-state index in [4.69, 9.17) is 21.1 Å². The fourth-order valence-electron chi connectivity index (χ4n) is 2.69. The van der Waals surface area contributed by atoms with E-state index in [0.29, 0.717) is 39.9 Å². The lowest BCUT2D eigenvalue weighted by Gasteiger charge is -2.12. The third kappa shape index (κ3) is 6.85. The molecule has 3 rings (SSSR count). The van der Waals surface area contributed by atoms with Gasteiger partial charge in [-0.2, -0.15) is 5.10 Å². The molecule has 8 heteroatoms. The molecule has 164 valence electrons. The lowest BCUT2D eigenvalue weighted by molar-refractivity contribution is -0.118. The highest BCUT2D eigenvalue weighted by Gasteiger charge is 2.10. The van der Waals surface area contributed by atoms with Crippen LogP contribution in [0.25, 0.3) is 0 Å².